The highest BCUT2D eigenvalue weighted by molar-refractivity contribution is 5.26. The molecule has 0 aromatic heterocycles. The molecule has 0 radical (unpaired) electrons. The second kappa shape index (κ2) is 10.4. The van der Waals surface area contributed by atoms with Crippen molar-refractivity contribution in [1.29, 1.82) is 5.26 Å². The second-order valence-corrected chi connectivity index (χ2v) is 1.31. The van der Waals surface area contributed by atoms with Crippen molar-refractivity contribution in [1.82, 2.24) is 0 Å². The summed E-state index contributed by atoms with van der Waals surface area (Å²) < 4.78 is 0. The highest BCUT2D eigenvalue weighted by atomic mass is 14.2. The van der Waals surface area contributed by atoms with Crippen molar-refractivity contribution in [2.24, 2.45) is 0 Å². The maximum atomic E-state index is 7.91. The molecule has 0 unspecified atom stereocenters. The first-order valence-corrected chi connectivity index (χ1v) is 2.67. The number of nitrogens with zero attached hydrogens (tertiary/aromatic N) is 1. The molecule has 0 N–H and O–H groups in total. The van der Waals surface area contributed by atoms with Gasteiger partial charge in [0.25, 0.3) is 0 Å². The van der Waals surface area contributed by atoms with Crippen LogP contribution in [-0.4, -0.2) is 0 Å². The Kier molecular flexibility index (Phi) is 11.8. The summed E-state index contributed by atoms with van der Waals surface area (Å²) in [5.74, 6) is 0. The van der Waals surface area contributed by atoms with E-state index >= 15 is 0 Å². The molecule has 0 atom stereocenters. The van der Waals surface area contributed by atoms with E-state index in [1.807, 2.05) is 0 Å². The Hall–Kier alpha value is -1.55. The SMILES string of the molecule is C=CC(=C)C#N.C=CC=C. The fourth-order valence-electron chi connectivity index (χ4n) is 0.0456. The molecule has 0 aliphatic rings. The van der Waals surface area contributed by atoms with Gasteiger partial charge in [0.05, 0.1) is 6.07 Å². The third-order valence-corrected chi connectivity index (χ3v) is 0.557. The number of nitriles is 1. The van der Waals surface area contributed by atoms with E-state index in [-0.39, 0.29) is 0 Å². The quantitative estimate of drug-likeness (QED) is 0.419. The lowest BCUT2D eigenvalue weighted by Crippen LogP contribution is -1.57. The van der Waals surface area contributed by atoms with Gasteiger partial charge in [-0.15, -0.1) is 0 Å². The zero-order chi connectivity index (χ0) is 8.41. The molecule has 0 heterocycles. The lowest BCUT2D eigenvalue weighted by molar-refractivity contribution is 1.51. The van der Waals surface area contributed by atoms with Crippen LogP contribution < -0.4 is 0 Å². The molecular weight excluding hydrogens is 122 g/mol. The van der Waals surface area contributed by atoms with E-state index in [0.717, 1.165) is 0 Å². The van der Waals surface area contributed by atoms with Gasteiger partial charge < -0.3 is 0 Å². The van der Waals surface area contributed by atoms with Gasteiger partial charge in [-0.2, -0.15) is 5.26 Å². The van der Waals surface area contributed by atoms with Crippen LogP contribution in [0.3, 0.4) is 0 Å². The van der Waals surface area contributed by atoms with Gasteiger partial charge in [0.2, 0.25) is 0 Å². The van der Waals surface area contributed by atoms with E-state index in [0.29, 0.717) is 5.57 Å². The van der Waals surface area contributed by atoms with Gasteiger partial charge in [0.1, 0.15) is 0 Å². The van der Waals surface area contributed by atoms with Crippen molar-refractivity contribution in [3.05, 3.63) is 50.1 Å². The van der Waals surface area contributed by atoms with Crippen molar-refractivity contribution in [3.8, 4) is 6.07 Å². The molecule has 52 valence electrons. The Morgan fingerprint density at radius 1 is 1.20 bits per heavy atom. The lowest BCUT2D eigenvalue weighted by atomic mass is 10.3. The lowest BCUT2D eigenvalue weighted by Gasteiger charge is -1.68. The van der Waals surface area contributed by atoms with Crippen LogP contribution in [-0.2, 0) is 0 Å². The van der Waals surface area contributed by atoms with Crippen molar-refractivity contribution >= 4 is 0 Å². The minimum atomic E-state index is 0.412. The number of hydrogen-bond donors (Lipinski definition) is 0. The predicted molar refractivity (Wildman–Crippen MR) is 45.3 cm³/mol. The van der Waals surface area contributed by atoms with Gasteiger partial charge in [0, 0.05) is 5.57 Å². The summed E-state index contributed by atoms with van der Waals surface area (Å²) in [6.45, 7) is 13.3. The van der Waals surface area contributed by atoms with Crippen molar-refractivity contribution in [2.45, 2.75) is 0 Å². The molecule has 0 saturated carbocycles. The van der Waals surface area contributed by atoms with E-state index in [2.05, 4.69) is 26.3 Å². The van der Waals surface area contributed by atoms with Gasteiger partial charge >= 0.3 is 0 Å². The first-order valence-electron chi connectivity index (χ1n) is 2.67. The molecule has 0 aliphatic carbocycles. The normalized spacial score (nSPS) is 5.50. The molecule has 1 heteroatoms. The first kappa shape index (κ1) is 11.3. The fraction of sp³-hybridized carbons (Fsp3) is 0. The summed E-state index contributed by atoms with van der Waals surface area (Å²) in [6.07, 6.45) is 4.69. The van der Waals surface area contributed by atoms with E-state index in [1.165, 1.54) is 6.08 Å². The third-order valence-electron chi connectivity index (χ3n) is 0.557. The maximum absolute atomic E-state index is 7.91. The molecule has 0 rings (SSSR count). The highest BCUT2D eigenvalue weighted by Crippen LogP contribution is 1.81. The van der Waals surface area contributed by atoms with E-state index in [4.69, 9.17) is 5.26 Å². The molecule has 0 bridgehead atoms. The third kappa shape index (κ3) is 16.1. The molecule has 0 fully saturated rings. The van der Waals surface area contributed by atoms with Crippen LogP contribution >= 0.6 is 0 Å². The average molecular weight is 133 g/mol. The van der Waals surface area contributed by atoms with Gasteiger partial charge in [0.15, 0.2) is 0 Å². The molecule has 0 aliphatic heterocycles. The predicted octanol–water partition coefficient (Wildman–Crippen LogP) is 2.61. The standard InChI is InChI=1S/C5H5N.C4H6/c1-3-5(2)4-6;1-3-4-2/h3H,1-2H2;3-4H,1-2H2. The van der Waals surface area contributed by atoms with Gasteiger partial charge in [-0.1, -0.05) is 44.5 Å². The Morgan fingerprint density at radius 3 is 1.60 bits per heavy atom. The van der Waals surface area contributed by atoms with Crippen LogP contribution in [0, 0.1) is 11.3 Å². The van der Waals surface area contributed by atoms with Crippen LogP contribution in [0.1, 0.15) is 0 Å². The largest absolute Gasteiger partial charge is 0.192 e. The zero-order valence-corrected chi connectivity index (χ0v) is 6.01. The van der Waals surface area contributed by atoms with Crippen molar-refractivity contribution in [3.63, 3.8) is 0 Å². The fourth-order valence-corrected chi connectivity index (χ4v) is 0.0456. The molecule has 0 aromatic carbocycles. The Bertz CT molecular complexity index is 164. The van der Waals surface area contributed by atoms with Crippen LogP contribution in [0.2, 0.25) is 0 Å². The molecule has 0 amide bonds. The number of rotatable bonds is 2. The van der Waals surface area contributed by atoms with Crippen LogP contribution in [0.25, 0.3) is 0 Å². The van der Waals surface area contributed by atoms with Crippen LogP contribution in [0.5, 0.6) is 0 Å². The summed E-state index contributed by atoms with van der Waals surface area (Å²) in [5, 5.41) is 7.91. The second-order valence-electron chi connectivity index (χ2n) is 1.31. The average Bonchev–Trinajstić information content (AvgIpc) is 2.03. The van der Waals surface area contributed by atoms with Gasteiger partial charge in [-0.25, -0.2) is 0 Å². The summed E-state index contributed by atoms with van der Waals surface area (Å²) in [6, 6.07) is 1.80. The van der Waals surface area contributed by atoms with E-state index in [9.17, 15) is 0 Å². The van der Waals surface area contributed by atoms with Crippen LogP contribution in [0.15, 0.2) is 50.1 Å². The Labute approximate surface area is 62.3 Å². The molecular formula is C9H11N. The number of allylic oxidation sites excluding steroid dienone is 4. The molecule has 0 aromatic rings. The summed E-state index contributed by atoms with van der Waals surface area (Å²) in [5.41, 5.74) is 0.412. The molecule has 0 saturated heterocycles. The first-order chi connectivity index (χ1) is 4.72. The summed E-state index contributed by atoms with van der Waals surface area (Å²) >= 11 is 0. The van der Waals surface area contributed by atoms with E-state index < -0.39 is 0 Å². The van der Waals surface area contributed by atoms with Crippen molar-refractivity contribution in [2.75, 3.05) is 0 Å². The van der Waals surface area contributed by atoms with E-state index in [1.54, 1.807) is 18.2 Å². The Morgan fingerprint density at radius 2 is 1.60 bits per heavy atom. The van der Waals surface area contributed by atoms with Crippen LogP contribution in [0.4, 0.5) is 0 Å². The van der Waals surface area contributed by atoms with Gasteiger partial charge in [-0.05, 0) is 0 Å². The van der Waals surface area contributed by atoms with Gasteiger partial charge in [-0.3, -0.25) is 0 Å². The minimum Gasteiger partial charge on any atom is -0.192 e. The minimum absolute atomic E-state index is 0.412. The zero-order valence-electron chi connectivity index (χ0n) is 6.01. The maximum Gasteiger partial charge on any atom is 0.0985 e. The summed E-state index contributed by atoms with van der Waals surface area (Å²) in [4.78, 5) is 0. The monoisotopic (exact) mass is 133 g/mol. The number of hydrogen-bond acceptors (Lipinski definition) is 1. The molecule has 10 heavy (non-hydrogen) atoms. The highest BCUT2D eigenvalue weighted by Gasteiger charge is 1.70. The van der Waals surface area contributed by atoms with Crippen molar-refractivity contribution < 1.29 is 0 Å². The summed E-state index contributed by atoms with van der Waals surface area (Å²) in [7, 11) is 0. The molecule has 0 spiro atoms. The molecule has 1 nitrogen and oxygen atoms in total. The smallest absolute Gasteiger partial charge is 0.0985 e. The topological polar surface area (TPSA) is 23.8 Å². The Balaban J connectivity index is 0.